The Labute approximate surface area is 233 Å². The summed E-state index contributed by atoms with van der Waals surface area (Å²) in [4.78, 5) is 17.3. The van der Waals surface area contributed by atoms with Crippen molar-refractivity contribution in [2.45, 2.75) is 39.5 Å². The minimum Gasteiger partial charge on any atom is -0.491 e. The van der Waals surface area contributed by atoms with Crippen molar-refractivity contribution in [1.29, 1.82) is 0 Å². The van der Waals surface area contributed by atoms with Gasteiger partial charge in [0, 0.05) is 34.8 Å². The normalized spacial score (nSPS) is 12.5. The van der Waals surface area contributed by atoms with Gasteiger partial charge in [0.15, 0.2) is 0 Å². The summed E-state index contributed by atoms with van der Waals surface area (Å²) < 4.78 is 79.2. The molecule has 0 bridgehead atoms. The fourth-order valence-corrected chi connectivity index (χ4v) is 4.89. The molecule has 2 heterocycles. The van der Waals surface area contributed by atoms with Gasteiger partial charge in [0.25, 0.3) is 5.91 Å². The molecule has 0 aliphatic heterocycles. The Kier molecular flexibility index (Phi) is 9.99. The Hall–Kier alpha value is -3.13. The second-order valence-corrected chi connectivity index (χ2v) is 11.4. The fourth-order valence-electron chi connectivity index (χ4n) is 3.13. The van der Waals surface area contributed by atoms with Crippen LogP contribution in [0, 0.1) is 0 Å². The Bertz CT molecular complexity index is 1440. The molecule has 0 atom stereocenters. The molecule has 1 amide bonds. The molecule has 2 aromatic heterocycles. The molecule has 8 nitrogen and oxygen atoms in total. The topological polar surface area (TPSA) is 107 Å². The number of ether oxygens (including phenoxy) is 2. The van der Waals surface area contributed by atoms with Gasteiger partial charge in [0.05, 0.1) is 11.7 Å². The van der Waals surface area contributed by atoms with E-state index < -0.39 is 27.9 Å². The van der Waals surface area contributed by atoms with Crippen molar-refractivity contribution in [3.63, 3.8) is 0 Å². The van der Waals surface area contributed by atoms with Gasteiger partial charge in [-0.25, -0.2) is 9.71 Å². The van der Waals surface area contributed by atoms with Gasteiger partial charge in [-0.1, -0.05) is 17.7 Å². The van der Waals surface area contributed by atoms with Crippen molar-refractivity contribution in [3.05, 3.63) is 74.6 Å². The summed E-state index contributed by atoms with van der Waals surface area (Å²) >= 11 is 7.48. The van der Waals surface area contributed by atoms with E-state index in [-0.39, 0.29) is 34.9 Å². The lowest BCUT2D eigenvalue weighted by atomic mass is 10.1. The van der Waals surface area contributed by atoms with E-state index in [1.165, 1.54) is 36.5 Å². The number of nitrogens with one attached hydrogen (secondary N) is 2. The molecule has 0 spiro atoms. The number of amides is 1. The van der Waals surface area contributed by atoms with Gasteiger partial charge in [-0.15, -0.1) is 11.3 Å². The highest BCUT2D eigenvalue weighted by Gasteiger charge is 2.32. The van der Waals surface area contributed by atoms with Crippen LogP contribution in [0.3, 0.4) is 0 Å². The summed E-state index contributed by atoms with van der Waals surface area (Å²) in [6.07, 6.45) is -2.44. The van der Waals surface area contributed by atoms with E-state index in [9.17, 15) is 26.4 Å². The number of carbonyl (C=O) groups excluding carboxylic acids is 1. The van der Waals surface area contributed by atoms with Crippen LogP contribution in [0.2, 0.25) is 5.02 Å². The smallest absolute Gasteiger partial charge is 0.417 e. The van der Waals surface area contributed by atoms with E-state index in [1.54, 1.807) is 19.9 Å². The van der Waals surface area contributed by atoms with Gasteiger partial charge in [-0.3, -0.25) is 4.79 Å². The Morgan fingerprint density at radius 3 is 2.59 bits per heavy atom. The lowest BCUT2D eigenvalue weighted by Crippen LogP contribution is -2.41. The van der Waals surface area contributed by atoms with Crippen LogP contribution in [0.5, 0.6) is 17.4 Å². The van der Waals surface area contributed by atoms with E-state index in [0.717, 1.165) is 4.88 Å². The summed E-state index contributed by atoms with van der Waals surface area (Å²) in [7, 11) is -4.13. The first-order valence-electron chi connectivity index (χ1n) is 11.5. The lowest BCUT2D eigenvalue weighted by Gasteiger charge is -2.15. The molecule has 3 rings (SSSR count). The third kappa shape index (κ3) is 9.24. The summed E-state index contributed by atoms with van der Waals surface area (Å²) in [5.74, 6) is -0.760. The summed E-state index contributed by atoms with van der Waals surface area (Å²) in [6.45, 7) is 5.09. The molecule has 0 fully saturated rings. The van der Waals surface area contributed by atoms with Crippen LogP contribution in [0.15, 0.2) is 53.5 Å². The largest absolute Gasteiger partial charge is 0.491 e. The van der Waals surface area contributed by atoms with Crippen LogP contribution in [0.4, 0.5) is 13.2 Å². The summed E-state index contributed by atoms with van der Waals surface area (Å²) in [6, 6.07) is 8.99. The van der Waals surface area contributed by atoms with Crippen LogP contribution in [-0.4, -0.2) is 32.0 Å². The molecule has 2 N–H and O–H groups in total. The molecule has 3 aromatic rings. The van der Waals surface area contributed by atoms with Crippen LogP contribution >= 0.6 is 22.9 Å². The maximum absolute atomic E-state index is 13.0. The second-order valence-electron chi connectivity index (χ2n) is 8.46. The molecule has 0 saturated carbocycles. The minimum atomic E-state index is -4.64. The molecule has 0 radical (unpaired) electrons. The zero-order valence-corrected chi connectivity index (χ0v) is 23.4. The average Bonchev–Trinajstić information content (AvgIpc) is 3.34. The number of halogens is 4. The van der Waals surface area contributed by atoms with Crippen molar-refractivity contribution < 1.29 is 35.9 Å². The van der Waals surface area contributed by atoms with Crippen LogP contribution in [-0.2, 0) is 27.6 Å². The number of rotatable bonds is 11. The summed E-state index contributed by atoms with van der Waals surface area (Å²) in [5.41, 5.74) is -0.748. The molecular formula is C25H25ClF3N3O5S2. The van der Waals surface area contributed by atoms with Crippen LogP contribution in [0.1, 0.15) is 36.8 Å². The third-order valence-corrected chi connectivity index (χ3v) is 7.14. The highest BCUT2D eigenvalue weighted by Crippen LogP contribution is 2.37. The quantitative estimate of drug-likeness (QED) is 0.261. The maximum atomic E-state index is 13.0. The number of pyridine rings is 1. The number of hydrogen-bond acceptors (Lipinski definition) is 7. The SMILES string of the molecule is CC(=Cc1ccc(OC(C)C)cc1Oc1ncc(C(F)(F)F)cc1Cl)C(=O)NS(=O)(=O)NCCc1cccs1. The Balaban J connectivity index is 1.81. The first-order valence-corrected chi connectivity index (χ1v) is 14.2. The second kappa shape index (κ2) is 12.8. The molecular weight excluding hydrogens is 579 g/mol. The van der Waals surface area contributed by atoms with Gasteiger partial charge in [-0.05, 0) is 62.9 Å². The molecule has 0 unspecified atom stereocenters. The Morgan fingerprint density at radius 2 is 1.97 bits per heavy atom. The van der Waals surface area contributed by atoms with Crippen molar-refractivity contribution in [3.8, 4) is 17.4 Å². The summed E-state index contributed by atoms with van der Waals surface area (Å²) in [5, 5.41) is 1.49. The molecule has 0 aliphatic rings. The highest BCUT2D eigenvalue weighted by atomic mass is 35.5. The number of carbonyl (C=O) groups is 1. The number of thiophene rings is 1. The van der Waals surface area contributed by atoms with E-state index >= 15 is 0 Å². The minimum absolute atomic E-state index is 0.00693. The zero-order valence-electron chi connectivity index (χ0n) is 21.0. The van der Waals surface area contributed by atoms with Gasteiger partial charge in [-0.2, -0.15) is 26.3 Å². The predicted molar refractivity (Wildman–Crippen MR) is 143 cm³/mol. The van der Waals surface area contributed by atoms with Gasteiger partial charge < -0.3 is 9.47 Å². The molecule has 0 aliphatic carbocycles. The molecule has 39 heavy (non-hydrogen) atoms. The van der Waals surface area contributed by atoms with Crippen LogP contribution in [0.25, 0.3) is 6.08 Å². The number of alkyl halides is 3. The standard InChI is InChI=1S/C25H25ClF3N3O5S2/c1-15(2)36-19-7-6-17(22(13-19)37-24-21(26)12-18(14-30-24)25(27,28)29)11-16(3)23(33)32-39(34,35)31-9-8-20-5-4-10-38-20/h4-7,10-15,31H,8-9H2,1-3H3,(H,32,33). The Morgan fingerprint density at radius 1 is 1.23 bits per heavy atom. The van der Waals surface area contributed by atoms with E-state index in [4.69, 9.17) is 21.1 Å². The lowest BCUT2D eigenvalue weighted by molar-refractivity contribution is -0.137. The number of aromatic nitrogens is 1. The first kappa shape index (κ1) is 30.4. The van der Waals surface area contributed by atoms with E-state index in [0.29, 0.717) is 30.0 Å². The number of nitrogens with zero attached hydrogens (tertiary/aromatic N) is 1. The van der Waals surface area contributed by atoms with Crippen molar-refractivity contribution in [2.75, 3.05) is 6.54 Å². The number of hydrogen-bond donors (Lipinski definition) is 2. The van der Waals surface area contributed by atoms with E-state index in [1.807, 2.05) is 22.2 Å². The maximum Gasteiger partial charge on any atom is 0.417 e. The third-order valence-electron chi connectivity index (χ3n) is 4.90. The van der Waals surface area contributed by atoms with Gasteiger partial charge >= 0.3 is 16.4 Å². The van der Waals surface area contributed by atoms with Crippen molar-refractivity contribution in [1.82, 2.24) is 14.4 Å². The zero-order chi connectivity index (χ0) is 28.8. The highest BCUT2D eigenvalue weighted by molar-refractivity contribution is 7.88. The van der Waals surface area contributed by atoms with E-state index in [2.05, 4.69) is 9.71 Å². The predicted octanol–water partition coefficient (Wildman–Crippen LogP) is 5.99. The first-order chi connectivity index (χ1) is 18.2. The molecule has 0 saturated heterocycles. The van der Waals surface area contributed by atoms with Gasteiger partial charge in [0.1, 0.15) is 16.5 Å². The van der Waals surface area contributed by atoms with Crippen LogP contribution < -0.4 is 18.9 Å². The van der Waals surface area contributed by atoms with Crippen molar-refractivity contribution >= 4 is 45.1 Å². The number of benzene rings is 1. The monoisotopic (exact) mass is 603 g/mol. The average molecular weight is 604 g/mol. The molecule has 1 aromatic carbocycles. The van der Waals surface area contributed by atoms with Crippen molar-refractivity contribution in [2.24, 2.45) is 0 Å². The van der Waals surface area contributed by atoms with Gasteiger partial charge in [0.2, 0.25) is 5.88 Å². The fraction of sp³-hybridized carbons (Fsp3) is 0.280. The molecule has 210 valence electrons. The molecule has 14 heteroatoms.